The molecular formula is C16H28N2O2. The molecule has 0 aliphatic rings. The molecule has 1 heterocycles. The van der Waals surface area contributed by atoms with Crippen molar-refractivity contribution in [2.45, 2.75) is 65.5 Å². The van der Waals surface area contributed by atoms with Crippen molar-refractivity contribution >= 4 is 0 Å². The number of hydrogen-bond acceptors (Lipinski definition) is 4. The van der Waals surface area contributed by atoms with Crippen LogP contribution in [0, 0.1) is 6.92 Å². The molecule has 1 rings (SSSR count). The largest absolute Gasteiger partial charge is 0.506 e. The fourth-order valence-electron chi connectivity index (χ4n) is 2.20. The van der Waals surface area contributed by atoms with E-state index in [1.165, 1.54) is 32.1 Å². The Morgan fingerprint density at radius 1 is 1.20 bits per heavy atom. The molecule has 4 heteroatoms. The van der Waals surface area contributed by atoms with E-state index >= 15 is 0 Å². The second-order valence-electron chi connectivity index (χ2n) is 5.22. The SMILES string of the molecule is CCCCCCCCOCc1cnc(C)c(O)c1CN. The summed E-state index contributed by atoms with van der Waals surface area (Å²) in [6, 6.07) is 0. The summed E-state index contributed by atoms with van der Waals surface area (Å²) in [5.74, 6) is 0.202. The van der Waals surface area contributed by atoms with Gasteiger partial charge in [-0.1, -0.05) is 39.0 Å². The van der Waals surface area contributed by atoms with Crippen LogP contribution >= 0.6 is 0 Å². The molecule has 1 aromatic rings. The van der Waals surface area contributed by atoms with Gasteiger partial charge in [-0.05, 0) is 13.3 Å². The monoisotopic (exact) mass is 280 g/mol. The zero-order valence-electron chi connectivity index (χ0n) is 12.8. The van der Waals surface area contributed by atoms with Crippen LogP contribution in [0.25, 0.3) is 0 Å². The molecule has 0 bridgehead atoms. The highest BCUT2D eigenvalue weighted by atomic mass is 16.5. The summed E-state index contributed by atoms with van der Waals surface area (Å²) in [7, 11) is 0. The van der Waals surface area contributed by atoms with E-state index in [0.717, 1.165) is 24.2 Å². The lowest BCUT2D eigenvalue weighted by Crippen LogP contribution is -2.06. The quantitative estimate of drug-likeness (QED) is 0.644. The maximum atomic E-state index is 9.90. The minimum Gasteiger partial charge on any atom is -0.506 e. The molecule has 0 fully saturated rings. The van der Waals surface area contributed by atoms with Gasteiger partial charge in [-0.3, -0.25) is 4.98 Å². The number of ether oxygens (including phenoxy) is 1. The van der Waals surface area contributed by atoms with Gasteiger partial charge in [-0.25, -0.2) is 0 Å². The van der Waals surface area contributed by atoms with Crippen molar-refractivity contribution in [3.8, 4) is 5.75 Å². The van der Waals surface area contributed by atoms with Crippen molar-refractivity contribution in [3.05, 3.63) is 23.0 Å². The number of aromatic hydroxyl groups is 1. The molecule has 0 unspecified atom stereocenters. The van der Waals surface area contributed by atoms with Gasteiger partial charge in [0, 0.05) is 30.5 Å². The van der Waals surface area contributed by atoms with Gasteiger partial charge in [0.05, 0.1) is 12.3 Å². The van der Waals surface area contributed by atoms with Gasteiger partial charge >= 0.3 is 0 Å². The molecule has 0 amide bonds. The van der Waals surface area contributed by atoms with E-state index in [1.54, 1.807) is 13.1 Å². The lowest BCUT2D eigenvalue weighted by molar-refractivity contribution is 0.115. The average molecular weight is 280 g/mol. The number of nitrogens with two attached hydrogens (primary N) is 1. The Balaban J connectivity index is 2.27. The summed E-state index contributed by atoms with van der Waals surface area (Å²) in [6.07, 6.45) is 9.28. The van der Waals surface area contributed by atoms with Crippen LogP contribution in [0.15, 0.2) is 6.20 Å². The molecule has 1 aromatic heterocycles. The van der Waals surface area contributed by atoms with Crippen molar-refractivity contribution in [1.82, 2.24) is 4.98 Å². The number of nitrogens with zero attached hydrogens (tertiary/aromatic N) is 1. The molecule has 0 aromatic carbocycles. The summed E-state index contributed by atoms with van der Waals surface area (Å²) < 4.78 is 5.66. The number of hydrogen-bond donors (Lipinski definition) is 2. The minimum absolute atomic E-state index is 0.202. The molecule has 0 spiro atoms. The lowest BCUT2D eigenvalue weighted by Gasteiger charge is -2.11. The van der Waals surface area contributed by atoms with Crippen molar-refractivity contribution in [2.75, 3.05) is 6.61 Å². The van der Waals surface area contributed by atoms with Crippen LogP contribution < -0.4 is 5.73 Å². The Bertz CT molecular complexity index is 394. The van der Waals surface area contributed by atoms with E-state index in [-0.39, 0.29) is 5.75 Å². The van der Waals surface area contributed by atoms with Gasteiger partial charge in [0.15, 0.2) is 0 Å². The van der Waals surface area contributed by atoms with Crippen molar-refractivity contribution < 1.29 is 9.84 Å². The van der Waals surface area contributed by atoms with Gasteiger partial charge in [0.25, 0.3) is 0 Å². The molecule has 0 saturated carbocycles. The Labute approximate surface area is 122 Å². The molecule has 20 heavy (non-hydrogen) atoms. The topological polar surface area (TPSA) is 68.4 Å². The van der Waals surface area contributed by atoms with Gasteiger partial charge in [-0.2, -0.15) is 0 Å². The van der Waals surface area contributed by atoms with Crippen LogP contribution in [0.1, 0.15) is 62.3 Å². The van der Waals surface area contributed by atoms with E-state index in [9.17, 15) is 5.11 Å². The predicted molar refractivity (Wildman–Crippen MR) is 81.6 cm³/mol. The Morgan fingerprint density at radius 2 is 1.90 bits per heavy atom. The van der Waals surface area contributed by atoms with Crippen LogP contribution in [-0.4, -0.2) is 16.7 Å². The summed E-state index contributed by atoms with van der Waals surface area (Å²) in [5.41, 5.74) is 7.93. The highest BCUT2D eigenvalue weighted by Gasteiger charge is 2.10. The van der Waals surface area contributed by atoms with E-state index in [2.05, 4.69) is 11.9 Å². The van der Waals surface area contributed by atoms with E-state index < -0.39 is 0 Å². The van der Waals surface area contributed by atoms with Crippen LogP contribution in [0.3, 0.4) is 0 Å². The number of unbranched alkanes of at least 4 members (excludes halogenated alkanes) is 5. The summed E-state index contributed by atoms with van der Waals surface area (Å²) in [4.78, 5) is 4.15. The number of aromatic nitrogens is 1. The first kappa shape index (κ1) is 16.9. The number of aryl methyl sites for hydroxylation is 1. The number of pyridine rings is 1. The Kier molecular flexibility index (Phi) is 8.23. The van der Waals surface area contributed by atoms with Gasteiger partial charge in [0.2, 0.25) is 0 Å². The first-order valence-electron chi connectivity index (χ1n) is 7.64. The smallest absolute Gasteiger partial charge is 0.141 e. The molecule has 0 atom stereocenters. The summed E-state index contributed by atoms with van der Waals surface area (Å²) in [5, 5.41) is 9.90. The number of rotatable bonds is 10. The Morgan fingerprint density at radius 3 is 2.60 bits per heavy atom. The molecule has 0 saturated heterocycles. The predicted octanol–water partition coefficient (Wildman–Crippen LogP) is 3.43. The van der Waals surface area contributed by atoms with Crippen LogP contribution in [-0.2, 0) is 17.9 Å². The third-order valence-corrected chi connectivity index (χ3v) is 3.53. The van der Waals surface area contributed by atoms with Crippen molar-refractivity contribution in [2.24, 2.45) is 5.73 Å². The fraction of sp³-hybridized carbons (Fsp3) is 0.688. The third kappa shape index (κ3) is 5.47. The molecule has 3 N–H and O–H groups in total. The van der Waals surface area contributed by atoms with Crippen LogP contribution in [0.2, 0.25) is 0 Å². The third-order valence-electron chi connectivity index (χ3n) is 3.53. The Hall–Kier alpha value is -1.13. The van der Waals surface area contributed by atoms with E-state index in [4.69, 9.17) is 10.5 Å². The van der Waals surface area contributed by atoms with E-state index in [1.807, 2.05) is 0 Å². The fourth-order valence-corrected chi connectivity index (χ4v) is 2.20. The molecule has 0 aliphatic heterocycles. The molecule has 4 nitrogen and oxygen atoms in total. The highest BCUT2D eigenvalue weighted by molar-refractivity contribution is 5.40. The average Bonchev–Trinajstić information content (AvgIpc) is 2.45. The lowest BCUT2D eigenvalue weighted by atomic mass is 10.1. The normalized spacial score (nSPS) is 10.9. The van der Waals surface area contributed by atoms with Crippen LogP contribution in [0.4, 0.5) is 0 Å². The van der Waals surface area contributed by atoms with Crippen molar-refractivity contribution in [3.63, 3.8) is 0 Å². The first-order valence-corrected chi connectivity index (χ1v) is 7.64. The van der Waals surface area contributed by atoms with Gasteiger partial charge in [0.1, 0.15) is 5.75 Å². The molecule has 0 radical (unpaired) electrons. The molecule has 114 valence electrons. The van der Waals surface area contributed by atoms with Gasteiger partial charge < -0.3 is 15.6 Å². The second kappa shape index (κ2) is 9.72. The van der Waals surface area contributed by atoms with Crippen LogP contribution in [0.5, 0.6) is 5.75 Å². The zero-order chi connectivity index (χ0) is 14.8. The zero-order valence-corrected chi connectivity index (χ0v) is 12.8. The van der Waals surface area contributed by atoms with Gasteiger partial charge in [-0.15, -0.1) is 0 Å². The maximum Gasteiger partial charge on any atom is 0.141 e. The van der Waals surface area contributed by atoms with Crippen molar-refractivity contribution in [1.29, 1.82) is 0 Å². The minimum atomic E-state index is 0.202. The first-order chi connectivity index (χ1) is 9.70. The summed E-state index contributed by atoms with van der Waals surface area (Å²) >= 11 is 0. The second-order valence-corrected chi connectivity index (χ2v) is 5.22. The summed E-state index contributed by atoms with van der Waals surface area (Å²) in [6.45, 7) is 5.54. The molecule has 0 aliphatic carbocycles. The maximum absolute atomic E-state index is 9.90. The highest BCUT2D eigenvalue weighted by Crippen LogP contribution is 2.23. The molecular weight excluding hydrogens is 252 g/mol. The van der Waals surface area contributed by atoms with E-state index in [0.29, 0.717) is 18.8 Å². The standard InChI is InChI=1S/C16H28N2O2/c1-3-4-5-6-7-8-9-20-12-14-11-18-13(2)16(19)15(14)10-17/h11,19H,3-10,12,17H2,1-2H3.